The average molecular weight is 394 g/mol. The van der Waals surface area contributed by atoms with E-state index >= 15 is 0 Å². The first-order valence-electron chi connectivity index (χ1n) is 9.54. The number of carbonyl (C=O) groups is 1. The van der Waals surface area contributed by atoms with Gasteiger partial charge in [-0.05, 0) is 36.4 Å². The number of amides is 1. The molecule has 0 saturated heterocycles. The topological polar surface area (TPSA) is 77.1 Å². The molecule has 7 nitrogen and oxygen atoms in total. The van der Waals surface area contributed by atoms with Crippen molar-refractivity contribution >= 4 is 11.6 Å². The number of imidazole rings is 1. The zero-order valence-electron chi connectivity index (χ0n) is 16.0. The molecule has 30 heavy (non-hydrogen) atoms. The monoisotopic (exact) mass is 394 g/mol. The van der Waals surface area contributed by atoms with Crippen LogP contribution in [0.1, 0.15) is 16.1 Å². The summed E-state index contributed by atoms with van der Waals surface area (Å²) in [4.78, 5) is 21.7. The minimum absolute atomic E-state index is 0.215. The van der Waals surface area contributed by atoms with Crippen molar-refractivity contribution in [1.82, 2.24) is 29.5 Å². The van der Waals surface area contributed by atoms with E-state index in [-0.39, 0.29) is 5.91 Å². The first-order valence-corrected chi connectivity index (χ1v) is 9.54. The molecule has 5 aromatic rings. The van der Waals surface area contributed by atoms with E-state index in [1.54, 1.807) is 23.3 Å². The maximum atomic E-state index is 13.1. The molecule has 7 heteroatoms. The molecule has 1 aromatic carbocycles. The van der Waals surface area contributed by atoms with Crippen molar-refractivity contribution in [3.63, 3.8) is 0 Å². The smallest absolute Gasteiger partial charge is 0.255 e. The highest BCUT2D eigenvalue weighted by atomic mass is 16.1. The maximum absolute atomic E-state index is 13.1. The Kier molecular flexibility index (Phi) is 4.53. The fourth-order valence-electron chi connectivity index (χ4n) is 3.31. The predicted molar refractivity (Wildman–Crippen MR) is 113 cm³/mol. The summed E-state index contributed by atoms with van der Waals surface area (Å²) in [7, 11) is 0. The van der Waals surface area contributed by atoms with Crippen LogP contribution >= 0.6 is 0 Å². The summed E-state index contributed by atoms with van der Waals surface area (Å²) >= 11 is 0. The summed E-state index contributed by atoms with van der Waals surface area (Å²) in [5.41, 5.74) is 4.35. The van der Waals surface area contributed by atoms with Gasteiger partial charge in [0.15, 0.2) is 0 Å². The lowest BCUT2D eigenvalue weighted by Crippen LogP contribution is -2.23. The molecule has 0 spiro atoms. The molecule has 0 aliphatic heterocycles. The molecule has 1 amide bonds. The number of hydrogen-bond donors (Lipinski definition) is 1. The molecular weight excluding hydrogens is 376 g/mol. The van der Waals surface area contributed by atoms with E-state index in [0.717, 1.165) is 22.6 Å². The number of carbonyl (C=O) groups excluding carboxylic acids is 1. The van der Waals surface area contributed by atoms with E-state index < -0.39 is 0 Å². The van der Waals surface area contributed by atoms with Crippen LogP contribution in [-0.4, -0.2) is 30.1 Å². The van der Waals surface area contributed by atoms with Crippen LogP contribution in [0.4, 0.5) is 0 Å². The minimum atomic E-state index is -0.215. The third-order valence-electron chi connectivity index (χ3n) is 4.76. The molecule has 1 N–H and O–H groups in total. The number of para-hydroxylation sites is 1. The van der Waals surface area contributed by atoms with Gasteiger partial charge in [-0.25, -0.2) is 9.67 Å². The number of nitrogens with one attached hydrogen (secondary N) is 1. The van der Waals surface area contributed by atoms with Crippen molar-refractivity contribution in [2.24, 2.45) is 0 Å². The first kappa shape index (κ1) is 17.8. The van der Waals surface area contributed by atoms with Crippen LogP contribution in [0.15, 0.2) is 91.6 Å². The van der Waals surface area contributed by atoms with Crippen LogP contribution in [0.5, 0.6) is 0 Å². The third kappa shape index (κ3) is 3.44. The highest BCUT2D eigenvalue weighted by molar-refractivity contribution is 5.99. The fourth-order valence-corrected chi connectivity index (χ4v) is 3.31. The van der Waals surface area contributed by atoms with Crippen molar-refractivity contribution < 1.29 is 4.79 Å². The molecule has 0 atom stereocenters. The highest BCUT2D eigenvalue weighted by Gasteiger charge is 2.19. The molecule has 0 unspecified atom stereocenters. The van der Waals surface area contributed by atoms with E-state index in [1.165, 1.54) is 0 Å². The standard InChI is InChI=1S/C23H18N6O/c30-23(25-14-18-15-28-12-5-4-10-21(28)26-18)20-16-29(19-8-2-1-3-9-19)27-22(20)17-7-6-11-24-13-17/h1-13,15-16H,14H2,(H,25,30). The van der Waals surface area contributed by atoms with Crippen molar-refractivity contribution in [2.75, 3.05) is 0 Å². The van der Waals surface area contributed by atoms with Gasteiger partial charge in [-0.2, -0.15) is 5.10 Å². The number of rotatable bonds is 5. The van der Waals surface area contributed by atoms with Gasteiger partial charge in [-0.3, -0.25) is 9.78 Å². The van der Waals surface area contributed by atoms with Crippen molar-refractivity contribution in [3.05, 3.63) is 103 Å². The van der Waals surface area contributed by atoms with E-state index in [0.29, 0.717) is 17.8 Å². The van der Waals surface area contributed by atoms with Crippen LogP contribution < -0.4 is 5.32 Å². The summed E-state index contributed by atoms with van der Waals surface area (Å²) in [6.07, 6.45) is 8.98. The van der Waals surface area contributed by atoms with Crippen LogP contribution in [0.3, 0.4) is 0 Å². The Balaban J connectivity index is 1.45. The molecule has 146 valence electrons. The third-order valence-corrected chi connectivity index (χ3v) is 4.76. The second kappa shape index (κ2) is 7.63. The lowest BCUT2D eigenvalue weighted by atomic mass is 10.1. The van der Waals surface area contributed by atoms with E-state index in [9.17, 15) is 4.79 Å². The second-order valence-corrected chi connectivity index (χ2v) is 6.79. The molecule has 5 rings (SSSR count). The normalized spacial score (nSPS) is 10.9. The molecule has 0 bridgehead atoms. The lowest BCUT2D eigenvalue weighted by Gasteiger charge is -2.03. The largest absolute Gasteiger partial charge is 0.346 e. The lowest BCUT2D eigenvalue weighted by molar-refractivity contribution is 0.0951. The van der Waals surface area contributed by atoms with E-state index in [4.69, 9.17) is 0 Å². The summed E-state index contributed by atoms with van der Waals surface area (Å²) in [5, 5.41) is 7.62. The van der Waals surface area contributed by atoms with Gasteiger partial charge in [0, 0.05) is 36.5 Å². The van der Waals surface area contributed by atoms with Crippen molar-refractivity contribution in [1.29, 1.82) is 0 Å². The minimum Gasteiger partial charge on any atom is -0.346 e. The molecule has 0 radical (unpaired) electrons. The maximum Gasteiger partial charge on any atom is 0.255 e. The highest BCUT2D eigenvalue weighted by Crippen LogP contribution is 2.23. The number of nitrogens with zero attached hydrogens (tertiary/aromatic N) is 5. The summed E-state index contributed by atoms with van der Waals surface area (Å²) < 4.78 is 3.64. The van der Waals surface area contributed by atoms with Gasteiger partial charge in [0.05, 0.1) is 23.5 Å². The van der Waals surface area contributed by atoms with Gasteiger partial charge < -0.3 is 9.72 Å². The number of benzene rings is 1. The Labute approximate surface area is 172 Å². The van der Waals surface area contributed by atoms with Gasteiger partial charge in [-0.1, -0.05) is 24.3 Å². The number of hydrogen-bond acceptors (Lipinski definition) is 4. The van der Waals surface area contributed by atoms with Crippen LogP contribution in [0, 0.1) is 0 Å². The van der Waals surface area contributed by atoms with Gasteiger partial charge in [0.1, 0.15) is 11.3 Å². The fraction of sp³-hybridized carbons (Fsp3) is 0.0435. The second-order valence-electron chi connectivity index (χ2n) is 6.79. The average Bonchev–Trinajstić information content (AvgIpc) is 3.43. The Bertz CT molecular complexity index is 1270. The van der Waals surface area contributed by atoms with E-state index in [1.807, 2.05) is 77.5 Å². The number of aromatic nitrogens is 5. The molecule has 0 fully saturated rings. The van der Waals surface area contributed by atoms with Crippen LogP contribution in [-0.2, 0) is 6.54 Å². The van der Waals surface area contributed by atoms with Crippen LogP contribution in [0.2, 0.25) is 0 Å². The van der Waals surface area contributed by atoms with Crippen molar-refractivity contribution in [3.8, 4) is 16.9 Å². The summed E-state index contributed by atoms with van der Waals surface area (Å²) in [6.45, 7) is 0.323. The Hall–Kier alpha value is -4.26. The van der Waals surface area contributed by atoms with Gasteiger partial charge in [0.2, 0.25) is 0 Å². The zero-order valence-corrected chi connectivity index (χ0v) is 16.0. The Morgan fingerprint density at radius 1 is 0.967 bits per heavy atom. The molecule has 0 aliphatic rings. The predicted octanol–water partition coefficient (Wildman–Crippen LogP) is 3.51. The molecular formula is C23H18N6O. The quantitative estimate of drug-likeness (QED) is 0.495. The first-order chi connectivity index (χ1) is 14.8. The molecule has 4 aromatic heterocycles. The van der Waals surface area contributed by atoms with Crippen LogP contribution in [0.25, 0.3) is 22.6 Å². The Morgan fingerprint density at radius 2 is 1.83 bits per heavy atom. The molecule has 4 heterocycles. The number of fused-ring (bicyclic) bond motifs is 1. The summed E-state index contributed by atoms with van der Waals surface area (Å²) in [6, 6.07) is 19.2. The van der Waals surface area contributed by atoms with Crippen molar-refractivity contribution in [2.45, 2.75) is 6.54 Å². The Morgan fingerprint density at radius 3 is 2.63 bits per heavy atom. The van der Waals surface area contributed by atoms with E-state index in [2.05, 4.69) is 20.4 Å². The van der Waals surface area contributed by atoms with Gasteiger partial charge >= 0.3 is 0 Å². The zero-order chi connectivity index (χ0) is 20.3. The number of pyridine rings is 2. The van der Waals surface area contributed by atoms with Gasteiger partial charge in [0.25, 0.3) is 5.91 Å². The van der Waals surface area contributed by atoms with Gasteiger partial charge in [-0.15, -0.1) is 0 Å². The SMILES string of the molecule is O=C(NCc1cn2ccccc2n1)c1cn(-c2ccccc2)nc1-c1cccnc1. The molecule has 0 aliphatic carbocycles. The summed E-state index contributed by atoms with van der Waals surface area (Å²) in [5.74, 6) is -0.215. The molecule has 0 saturated carbocycles.